The molecular formula is C22H24N4O4. The molecule has 3 heterocycles. The van der Waals surface area contributed by atoms with Crippen LogP contribution in [0.2, 0.25) is 0 Å². The standard InChI is InChI=1S/C22H24N4O4/c27-20(18-9-6-10-23-19(18)30-17-7-2-1-3-8-17)25-13-15-26(16-14-25)22(29)21(28)24-11-4-5-12-24/h1-3,6-10H,4-5,11-16H2. The molecule has 30 heavy (non-hydrogen) atoms. The Morgan fingerprint density at radius 1 is 0.733 bits per heavy atom. The van der Waals surface area contributed by atoms with Gasteiger partial charge >= 0.3 is 11.8 Å². The Balaban J connectivity index is 1.39. The van der Waals surface area contributed by atoms with Crippen LogP contribution in [0.1, 0.15) is 23.2 Å². The van der Waals surface area contributed by atoms with Crippen LogP contribution in [-0.4, -0.2) is 76.7 Å². The summed E-state index contributed by atoms with van der Waals surface area (Å²) in [5.41, 5.74) is 0.370. The van der Waals surface area contributed by atoms with Gasteiger partial charge in [-0.2, -0.15) is 0 Å². The zero-order valence-electron chi connectivity index (χ0n) is 16.7. The first kappa shape index (κ1) is 19.9. The van der Waals surface area contributed by atoms with E-state index in [1.165, 1.54) is 4.90 Å². The predicted octanol–water partition coefficient (Wildman–Crippen LogP) is 1.78. The molecule has 2 fully saturated rings. The summed E-state index contributed by atoms with van der Waals surface area (Å²) in [4.78, 5) is 46.9. The fraction of sp³-hybridized carbons (Fsp3) is 0.364. The molecular weight excluding hydrogens is 384 g/mol. The normalized spacial score (nSPS) is 16.5. The maximum Gasteiger partial charge on any atom is 0.312 e. The van der Waals surface area contributed by atoms with Gasteiger partial charge in [-0.05, 0) is 37.1 Å². The van der Waals surface area contributed by atoms with Crippen molar-refractivity contribution < 1.29 is 19.1 Å². The number of para-hydroxylation sites is 1. The van der Waals surface area contributed by atoms with Gasteiger partial charge in [0.1, 0.15) is 11.3 Å². The Labute approximate surface area is 175 Å². The van der Waals surface area contributed by atoms with Crippen molar-refractivity contribution in [1.82, 2.24) is 19.7 Å². The number of hydrogen-bond donors (Lipinski definition) is 0. The fourth-order valence-electron chi connectivity index (χ4n) is 3.71. The number of amides is 3. The highest BCUT2D eigenvalue weighted by atomic mass is 16.5. The summed E-state index contributed by atoms with van der Waals surface area (Å²) < 4.78 is 5.80. The number of pyridine rings is 1. The molecule has 2 aliphatic heterocycles. The minimum absolute atomic E-state index is 0.202. The van der Waals surface area contributed by atoms with E-state index >= 15 is 0 Å². The van der Waals surface area contributed by atoms with Crippen molar-refractivity contribution in [2.24, 2.45) is 0 Å². The Hall–Kier alpha value is -3.42. The minimum atomic E-state index is -0.474. The molecule has 0 radical (unpaired) electrons. The van der Waals surface area contributed by atoms with Crippen LogP contribution in [-0.2, 0) is 9.59 Å². The molecule has 1 aromatic carbocycles. The van der Waals surface area contributed by atoms with Gasteiger partial charge in [-0.1, -0.05) is 18.2 Å². The summed E-state index contributed by atoms with van der Waals surface area (Å²) >= 11 is 0. The molecule has 0 aliphatic carbocycles. The molecule has 4 rings (SSSR count). The molecule has 8 nitrogen and oxygen atoms in total. The van der Waals surface area contributed by atoms with Crippen molar-refractivity contribution in [2.45, 2.75) is 12.8 Å². The van der Waals surface area contributed by atoms with Crippen LogP contribution in [0.15, 0.2) is 48.7 Å². The van der Waals surface area contributed by atoms with E-state index in [0.29, 0.717) is 50.6 Å². The zero-order valence-corrected chi connectivity index (χ0v) is 16.7. The lowest BCUT2D eigenvalue weighted by Crippen LogP contribution is -2.54. The lowest BCUT2D eigenvalue weighted by Gasteiger charge is -2.35. The molecule has 0 spiro atoms. The predicted molar refractivity (Wildman–Crippen MR) is 109 cm³/mol. The van der Waals surface area contributed by atoms with Gasteiger partial charge in [0.25, 0.3) is 5.91 Å². The van der Waals surface area contributed by atoms with Gasteiger partial charge in [-0.15, -0.1) is 0 Å². The van der Waals surface area contributed by atoms with Gasteiger partial charge < -0.3 is 19.4 Å². The van der Waals surface area contributed by atoms with E-state index in [2.05, 4.69) is 4.98 Å². The van der Waals surface area contributed by atoms with Gasteiger partial charge in [0.15, 0.2) is 0 Å². The van der Waals surface area contributed by atoms with Crippen LogP contribution in [0.3, 0.4) is 0 Å². The van der Waals surface area contributed by atoms with Gasteiger partial charge in [0.05, 0.1) is 0 Å². The summed E-state index contributed by atoms with van der Waals surface area (Å²) in [6, 6.07) is 12.5. The average molecular weight is 408 g/mol. The molecule has 0 atom stereocenters. The molecule has 156 valence electrons. The summed E-state index contributed by atoms with van der Waals surface area (Å²) in [5, 5.41) is 0. The van der Waals surface area contributed by atoms with Gasteiger partial charge in [0.2, 0.25) is 5.88 Å². The smallest absolute Gasteiger partial charge is 0.312 e. The number of hydrogen-bond acceptors (Lipinski definition) is 5. The number of benzene rings is 1. The summed E-state index contributed by atoms with van der Waals surface area (Å²) in [5.74, 6) is -0.263. The number of piperazine rings is 1. The number of rotatable bonds is 3. The lowest BCUT2D eigenvalue weighted by atomic mass is 10.2. The number of carbonyl (C=O) groups excluding carboxylic acids is 3. The molecule has 8 heteroatoms. The first-order valence-electron chi connectivity index (χ1n) is 10.2. The summed E-state index contributed by atoms with van der Waals surface area (Å²) in [6.45, 7) is 2.68. The molecule has 3 amide bonds. The highest BCUT2D eigenvalue weighted by Gasteiger charge is 2.32. The zero-order chi connectivity index (χ0) is 20.9. The van der Waals surface area contributed by atoms with Gasteiger partial charge in [0, 0.05) is 45.5 Å². The van der Waals surface area contributed by atoms with Crippen LogP contribution in [0.5, 0.6) is 11.6 Å². The van der Waals surface area contributed by atoms with Crippen LogP contribution >= 0.6 is 0 Å². The Morgan fingerprint density at radius 2 is 1.33 bits per heavy atom. The minimum Gasteiger partial charge on any atom is -0.438 e. The second-order valence-corrected chi connectivity index (χ2v) is 7.35. The van der Waals surface area contributed by atoms with E-state index in [1.54, 1.807) is 40.3 Å². The maximum atomic E-state index is 13.1. The highest BCUT2D eigenvalue weighted by molar-refractivity contribution is 6.35. The van der Waals surface area contributed by atoms with Crippen molar-refractivity contribution in [3.8, 4) is 11.6 Å². The fourth-order valence-corrected chi connectivity index (χ4v) is 3.71. The monoisotopic (exact) mass is 408 g/mol. The molecule has 1 aromatic heterocycles. The van der Waals surface area contributed by atoms with Crippen molar-refractivity contribution >= 4 is 17.7 Å². The topological polar surface area (TPSA) is 83.1 Å². The highest BCUT2D eigenvalue weighted by Crippen LogP contribution is 2.24. The van der Waals surface area contributed by atoms with E-state index in [-0.39, 0.29) is 11.8 Å². The molecule has 2 saturated heterocycles. The van der Waals surface area contributed by atoms with Gasteiger partial charge in [-0.3, -0.25) is 14.4 Å². The van der Waals surface area contributed by atoms with Crippen LogP contribution < -0.4 is 4.74 Å². The molecule has 2 aliphatic rings. The maximum absolute atomic E-state index is 13.1. The molecule has 2 aromatic rings. The Kier molecular flexibility index (Phi) is 5.92. The van der Waals surface area contributed by atoms with E-state index in [0.717, 1.165) is 12.8 Å². The molecule has 0 N–H and O–H groups in total. The van der Waals surface area contributed by atoms with Crippen LogP contribution in [0.4, 0.5) is 0 Å². The summed E-state index contributed by atoms with van der Waals surface area (Å²) in [6.07, 6.45) is 3.47. The third-order valence-electron chi connectivity index (χ3n) is 5.39. The number of ether oxygens (including phenoxy) is 1. The van der Waals surface area contributed by atoms with E-state index in [4.69, 9.17) is 4.74 Å². The second-order valence-electron chi connectivity index (χ2n) is 7.35. The number of aromatic nitrogens is 1. The Bertz CT molecular complexity index is 920. The van der Waals surface area contributed by atoms with Crippen molar-refractivity contribution in [3.63, 3.8) is 0 Å². The molecule has 0 bridgehead atoms. The number of nitrogens with zero attached hydrogens (tertiary/aromatic N) is 4. The van der Waals surface area contributed by atoms with Crippen LogP contribution in [0, 0.1) is 0 Å². The lowest BCUT2D eigenvalue weighted by molar-refractivity contribution is -0.152. The van der Waals surface area contributed by atoms with Crippen molar-refractivity contribution in [2.75, 3.05) is 39.3 Å². The first-order chi connectivity index (χ1) is 14.6. The SMILES string of the molecule is O=C(C(=O)N1CCN(C(=O)c2cccnc2Oc2ccccc2)CC1)N1CCCC1. The quantitative estimate of drug-likeness (QED) is 0.723. The largest absolute Gasteiger partial charge is 0.438 e. The van der Waals surface area contributed by atoms with Crippen molar-refractivity contribution in [3.05, 3.63) is 54.2 Å². The third kappa shape index (κ3) is 4.27. The van der Waals surface area contributed by atoms with E-state index in [1.807, 2.05) is 18.2 Å². The molecule has 0 unspecified atom stereocenters. The van der Waals surface area contributed by atoms with E-state index in [9.17, 15) is 14.4 Å². The third-order valence-corrected chi connectivity index (χ3v) is 5.39. The van der Waals surface area contributed by atoms with Crippen molar-refractivity contribution in [1.29, 1.82) is 0 Å². The van der Waals surface area contributed by atoms with E-state index < -0.39 is 11.8 Å². The summed E-state index contributed by atoms with van der Waals surface area (Å²) in [7, 11) is 0. The number of carbonyl (C=O) groups is 3. The van der Waals surface area contributed by atoms with Gasteiger partial charge in [-0.25, -0.2) is 4.98 Å². The number of likely N-dealkylation sites (tertiary alicyclic amines) is 1. The molecule has 0 saturated carbocycles. The Morgan fingerprint density at radius 3 is 2.00 bits per heavy atom. The first-order valence-corrected chi connectivity index (χ1v) is 10.2. The second kappa shape index (κ2) is 8.94. The average Bonchev–Trinajstić information content (AvgIpc) is 3.34. The van der Waals surface area contributed by atoms with Crippen LogP contribution in [0.25, 0.3) is 0 Å².